The zero-order chi connectivity index (χ0) is 8.81. The van der Waals surface area contributed by atoms with Gasteiger partial charge in [0, 0.05) is 0 Å². The molecule has 0 N–H and O–H groups in total. The Morgan fingerprint density at radius 1 is 1.50 bits per heavy atom. The van der Waals surface area contributed by atoms with Gasteiger partial charge < -0.3 is 4.42 Å². The summed E-state index contributed by atoms with van der Waals surface area (Å²) in [6.07, 6.45) is 9.34. The van der Waals surface area contributed by atoms with Crippen molar-refractivity contribution >= 4 is 0 Å². The summed E-state index contributed by atoms with van der Waals surface area (Å²) in [6.45, 7) is 4.27. The summed E-state index contributed by atoms with van der Waals surface area (Å²) in [7, 11) is 0. The summed E-state index contributed by atoms with van der Waals surface area (Å²) in [5.41, 5.74) is 2.71. The number of furan rings is 1. The Kier molecular flexibility index (Phi) is 3.65. The van der Waals surface area contributed by atoms with Gasteiger partial charge in [0.25, 0.3) is 0 Å². The van der Waals surface area contributed by atoms with Gasteiger partial charge in [0.15, 0.2) is 0 Å². The number of rotatable bonds is 4. The monoisotopic (exact) mass is 164 g/mol. The van der Waals surface area contributed by atoms with Crippen LogP contribution >= 0.6 is 0 Å². The lowest BCUT2D eigenvalue weighted by atomic mass is 10.1. The van der Waals surface area contributed by atoms with E-state index in [2.05, 4.69) is 19.9 Å². The number of hydrogen-bond donors (Lipinski definition) is 0. The highest BCUT2D eigenvalue weighted by molar-refractivity contribution is 5.05. The normalized spacial score (nSPS) is 9.83. The van der Waals surface area contributed by atoms with E-state index in [0.29, 0.717) is 0 Å². The highest BCUT2D eigenvalue weighted by Gasteiger charge is 1.92. The maximum absolute atomic E-state index is 4.98. The predicted octanol–water partition coefficient (Wildman–Crippen LogP) is 3.57. The average Bonchev–Trinajstić information content (AvgIpc) is 2.49. The SMILES string of the molecule is CC(C)=CCCCc1ccoc1. The van der Waals surface area contributed by atoms with Gasteiger partial charge in [0.1, 0.15) is 0 Å². The van der Waals surface area contributed by atoms with Crippen LogP contribution < -0.4 is 0 Å². The Bertz CT molecular complexity index is 228. The van der Waals surface area contributed by atoms with Gasteiger partial charge in [-0.25, -0.2) is 0 Å². The summed E-state index contributed by atoms with van der Waals surface area (Å²) >= 11 is 0. The first-order valence-corrected chi connectivity index (χ1v) is 4.43. The molecule has 1 rings (SSSR count). The van der Waals surface area contributed by atoms with Crippen molar-refractivity contribution in [1.82, 2.24) is 0 Å². The van der Waals surface area contributed by atoms with Crippen LogP contribution in [0.3, 0.4) is 0 Å². The standard InChI is InChI=1S/C11H16O/c1-10(2)5-3-4-6-11-7-8-12-9-11/h5,7-9H,3-4,6H2,1-2H3. The first-order chi connectivity index (χ1) is 5.79. The lowest BCUT2D eigenvalue weighted by molar-refractivity contribution is 0.563. The van der Waals surface area contributed by atoms with Gasteiger partial charge in [-0.05, 0) is 44.7 Å². The van der Waals surface area contributed by atoms with Crippen molar-refractivity contribution in [2.75, 3.05) is 0 Å². The Balaban J connectivity index is 2.16. The lowest BCUT2D eigenvalue weighted by Gasteiger charge is -1.93. The molecule has 1 aromatic rings. The third-order valence-corrected chi connectivity index (χ3v) is 1.80. The van der Waals surface area contributed by atoms with E-state index in [1.54, 1.807) is 6.26 Å². The number of allylic oxidation sites excluding steroid dienone is 2. The second kappa shape index (κ2) is 4.81. The Hall–Kier alpha value is -0.980. The molecule has 0 saturated heterocycles. The van der Waals surface area contributed by atoms with Gasteiger partial charge in [-0.1, -0.05) is 11.6 Å². The Morgan fingerprint density at radius 2 is 2.33 bits per heavy atom. The van der Waals surface area contributed by atoms with E-state index >= 15 is 0 Å². The fourth-order valence-electron chi connectivity index (χ4n) is 1.13. The fraction of sp³-hybridized carbons (Fsp3) is 0.455. The van der Waals surface area contributed by atoms with Crippen molar-refractivity contribution in [3.63, 3.8) is 0 Å². The van der Waals surface area contributed by atoms with Crippen LogP contribution in [0.15, 0.2) is 34.7 Å². The molecule has 1 nitrogen and oxygen atoms in total. The smallest absolute Gasteiger partial charge is 0.0934 e. The molecule has 0 fully saturated rings. The van der Waals surface area contributed by atoms with Gasteiger partial charge in [0.2, 0.25) is 0 Å². The molecule has 12 heavy (non-hydrogen) atoms. The first-order valence-electron chi connectivity index (χ1n) is 4.43. The van der Waals surface area contributed by atoms with Gasteiger partial charge >= 0.3 is 0 Å². The third kappa shape index (κ3) is 3.42. The van der Waals surface area contributed by atoms with Crippen LogP contribution in [0.5, 0.6) is 0 Å². The van der Waals surface area contributed by atoms with Crippen LogP contribution in [-0.4, -0.2) is 0 Å². The highest BCUT2D eigenvalue weighted by Crippen LogP contribution is 2.06. The van der Waals surface area contributed by atoms with E-state index < -0.39 is 0 Å². The number of hydrogen-bond acceptors (Lipinski definition) is 1. The Labute approximate surface area is 74.1 Å². The molecule has 0 unspecified atom stereocenters. The van der Waals surface area contributed by atoms with Crippen LogP contribution in [0, 0.1) is 0 Å². The largest absolute Gasteiger partial charge is 0.472 e. The molecule has 1 heteroatoms. The first kappa shape index (κ1) is 9.11. The molecule has 0 spiro atoms. The number of aryl methyl sites for hydroxylation is 1. The summed E-state index contributed by atoms with van der Waals surface area (Å²) in [5.74, 6) is 0. The summed E-state index contributed by atoms with van der Waals surface area (Å²) < 4.78 is 4.98. The van der Waals surface area contributed by atoms with Gasteiger partial charge in [0.05, 0.1) is 12.5 Å². The van der Waals surface area contributed by atoms with Crippen LogP contribution in [0.25, 0.3) is 0 Å². The van der Waals surface area contributed by atoms with Crippen molar-refractivity contribution in [2.24, 2.45) is 0 Å². The van der Waals surface area contributed by atoms with E-state index in [0.717, 1.165) is 6.42 Å². The van der Waals surface area contributed by atoms with E-state index in [1.807, 2.05) is 12.3 Å². The molecule has 0 atom stereocenters. The Morgan fingerprint density at radius 3 is 2.92 bits per heavy atom. The molecule has 66 valence electrons. The molecular weight excluding hydrogens is 148 g/mol. The maximum Gasteiger partial charge on any atom is 0.0934 e. The minimum absolute atomic E-state index is 1.13. The molecule has 0 saturated carbocycles. The van der Waals surface area contributed by atoms with Gasteiger partial charge in [-0.2, -0.15) is 0 Å². The molecule has 0 aliphatic carbocycles. The topological polar surface area (TPSA) is 13.1 Å². The minimum Gasteiger partial charge on any atom is -0.472 e. The summed E-state index contributed by atoms with van der Waals surface area (Å²) in [4.78, 5) is 0. The molecule has 0 bridgehead atoms. The van der Waals surface area contributed by atoms with Crippen molar-refractivity contribution in [1.29, 1.82) is 0 Å². The van der Waals surface area contributed by atoms with Crippen LogP contribution in [0.2, 0.25) is 0 Å². The molecule has 0 aliphatic rings. The number of unbranched alkanes of at least 4 members (excludes halogenated alkanes) is 1. The molecule has 0 amide bonds. The van der Waals surface area contributed by atoms with Crippen LogP contribution in [0.1, 0.15) is 32.3 Å². The molecular formula is C11H16O. The zero-order valence-electron chi connectivity index (χ0n) is 7.84. The minimum atomic E-state index is 1.13. The van der Waals surface area contributed by atoms with Crippen molar-refractivity contribution < 1.29 is 4.42 Å². The fourth-order valence-corrected chi connectivity index (χ4v) is 1.13. The highest BCUT2D eigenvalue weighted by atomic mass is 16.3. The molecule has 0 radical (unpaired) electrons. The second-order valence-electron chi connectivity index (χ2n) is 3.31. The van der Waals surface area contributed by atoms with Gasteiger partial charge in [-0.3, -0.25) is 0 Å². The van der Waals surface area contributed by atoms with Crippen molar-refractivity contribution in [3.05, 3.63) is 35.8 Å². The van der Waals surface area contributed by atoms with Crippen LogP contribution in [0.4, 0.5) is 0 Å². The summed E-state index contributed by atoms with van der Waals surface area (Å²) in [6, 6.07) is 2.03. The van der Waals surface area contributed by atoms with E-state index in [9.17, 15) is 0 Å². The zero-order valence-corrected chi connectivity index (χ0v) is 7.84. The van der Waals surface area contributed by atoms with E-state index in [4.69, 9.17) is 4.42 Å². The predicted molar refractivity (Wildman–Crippen MR) is 51.1 cm³/mol. The molecule has 1 heterocycles. The molecule has 1 aromatic heterocycles. The molecule has 0 aliphatic heterocycles. The quantitative estimate of drug-likeness (QED) is 0.490. The molecule has 0 aromatic carbocycles. The van der Waals surface area contributed by atoms with Gasteiger partial charge in [-0.15, -0.1) is 0 Å². The maximum atomic E-state index is 4.98. The third-order valence-electron chi connectivity index (χ3n) is 1.80. The van der Waals surface area contributed by atoms with E-state index in [-0.39, 0.29) is 0 Å². The second-order valence-corrected chi connectivity index (χ2v) is 3.31. The van der Waals surface area contributed by atoms with E-state index in [1.165, 1.54) is 24.0 Å². The summed E-state index contributed by atoms with van der Waals surface area (Å²) in [5, 5.41) is 0. The average molecular weight is 164 g/mol. The van der Waals surface area contributed by atoms with Crippen molar-refractivity contribution in [2.45, 2.75) is 33.1 Å². The lowest BCUT2D eigenvalue weighted by Crippen LogP contribution is -1.80. The van der Waals surface area contributed by atoms with Crippen LogP contribution in [-0.2, 0) is 6.42 Å². The van der Waals surface area contributed by atoms with Crippen molar-refractivity contribution in [3.8, 4) is 0 Å².